The van der Waals surface area contributed by atoms with Crippen molar-refractivity contribution in [1.82, 2.24) is 0 Å². The Morgan fingerprint density at radius 2 is 2.12 bits per heavy atom. The van der Waals surface area contributed by atoms with Crippen molar-refractivity contribution in [3.63, 3.8) is 0 Å². The summed E-state index contributed by atoms with van der Waals surface area (Å²) in [5, 5.41) is 3.26. The van der Waals surface area contributed by atoms with Gasteiger partial charge in [0.1, 0.15) is 17.7 Å². The van der Waals surface area contributed by atoms with E-state index in [-0.39, 0.29) is 11.9 Å². The van der Waals surface area contributed by atoms with Gasteiger partial charge in [0.05, 0.1) is 12.2 Å². The van der Waals surface area contributed by atoms with Crippen LogP contribution in [0.5, 0.6) is 5.75 Å². The summed E-state index contributed by atoms with van der Waals surface area (Å²) in [4.78, 5) is 0. The van der Waals surface area contributed by atoms with Gasteiger partial charge in [-0.2, -0.15) is 0 Å². The van der Waals surface area contributed by atoms with E-state index in [4.69, 9.17) is 4.74 Å². The Kier molecular flexibility index (Phi) is 2.91. The molecule has 1 aromatic carbocycles. The van der Waals surface area contributed by atoms with Gasteiger partial charge in [-0.05, 0) is 24.5 Å². The zero-order valence-electron chi connectivity index (χ0n) is 9.92. The van der Waals surface area contributed by atoms with Crippen molar-refractivity contribution in [2.24, 2.45) is 5.92 Å². The van der Waals surface area contributed by atoms with Gasteiger partial charge >= 0.3 is 0 Å². The fourth-order valence-corrected chi connectivity index (χ4v) is 2.94. The summed E-state index contributed by atoms with van der Waals surface area (Å²) < 4.78 is 18.9. The molecule has 0 amide bonds. The molecule has 0 spiro atoms. The lowest BCUT2D eigenvalue weighted by Crippen LogP contribution is -2.32. The molecule has 92 valence electrons. The molecule has 1 aliphatic carbocycles. The maximum absolute atomic E-state index is 13.0. The first-order valence-electron chi connectivity index (χ1n) is 6.51. The number of halogens is 1. The quantitative estimate of drug-likeness (QED) is 0.846. The molecule has 1 heterocycles. The third-order valence-electron chi connectivity index (χ3n) is 3.83. The Morgan fingerprint density at radius 3 is 2.94 bits per heavy atom. The van der Waals surface area contributed by atoms with Crippen LogP contribution in [0, 0.1) is 11.7 Å². The van der Waals surface area contributed by atoms with Gasteiger partial charge in [0.2, 0.25) is 0 Å². The van der Waals surface area contributed by atoms with Gasteiger partial charge in [-0.15, -0.1) is 0 Å². The first kappa shape index (κ1) is 10.9. The van der Waals surface area contributed by atoms with Gasteiger partial charge in [-0.1, -0.05) is 25.7 Å². The number of ether oxygens (including phenoxy) is 1. The minimum Gasteiger partial charge on any atom is -0.486 e. The highest BCUT2D eigenvalue weighted by molar-refractivity contribution is 5.58. The highest BCUT2D eigenvalue weighted by Gasteiger charge is 2.24. The highest BCUT2D eigenvalue weighted by Crippen LogP contribution is 2.34. The zero-order chi connectivity index (χ0) is 11.7. The topological polar surface area (TPSA) is 21.3 Å². The van der Waals surface area contributed by atoms with E-state index in [0.29, 0.717) is 0 Å². The largest absolute Gasteiger partial charge is 0.486 e. The van der Waals surface area contributed by atoms with Crippen molar-refractivity contribution in [2.75, 3.05) is 11.9 Å². The molecule has 3 rings (SSSR count). The SMILES string of the molecule is Fc1ccc2c(c1)NCC(CC1CCCC1)O2. The summed E-state index contributed by atoms with van der Waals surface area (Å²) in [7, 11) is 0. The predicted molar refractivity (Wildman–Crippen MR) is 65.9 cm³/mol. The van der Waals surface area contributed by atoms with E-state index in [9.17, 15) is 4.39 Å². The summed E-state index contributed by atoms with van der Waals surface area (Å²) in [6.07, 6.45) is 6.80. The van der Waals surface area contributed by atoms with E-state index in [2.05, 4.69) is 5.32 Å². The van der Waals surface area contributed by atoms with E-state index < -0.39 is 0 Å². The van der Waals surface area contributed by atoms with E-state index in [1.807, 2.05) is 0 Å². The molecule has 1 aromatic rings. The van der Waals surface area contributed by atoms with Crippen LogP contribution in [-0.4, -0.2) is 12.6 Å². The summed E-state index contributed by atoms with van der Waals surface area (Å²) in [6.45, 7) is 0.799. The Bertz CT molecular complexity index is 401. The Balaban J connectivity index is 1.65. The van der Waals surface area contributed by atoms with Crippen molar-refractivity contribution in [2.45, 2.75) is 38.2 Å². The molecule has 1 aliphatic heterocycles. The number of anilines is 1. The molecule has 1 atom stereocenters. The maximum atomic E-state index is 13.0. The van der Waals surface area contributed by atoms with Gasteiger partial charge in [0.25, 0.3) is 0 Å². The first-order valence-corrected chi connectivity index (χ1v) is 6.51. The van der Waals surface area contributed by atoms with Crippen molar-refractivity contribution in [3.8, 4) is 5.75 Å². The molecule has 0 aromatic heterocycles. The van der Waals surface area contributed by atoms with Crippen LogP contribution in [0.15, 0.2) is 18.2 Å². The first-order chi connectivity index (χ1) is 8.31. The molecule has 2 nitrogen and oxygen atoms in total. The van der Waals surface area contributed by atoms with Crippen molar-refractivity contribution in [1.29, 1.82) is 0 Å². The Hall–Kier alpha value is -1.25. The van der Waals surface area contributed by atoms with Crippen LogP contribution in [-0.2, 0) is 0 Å². The van der Waals surface area contributed by atoms with Gasteiger partial charge in [0.15, 0.2) is 0 Å². The van der Waals surface area contributed by atoms with E-state index in [1.165, 1.54) is 37.8 Å². The second-order valence-corrected chi connectivity index (χ2v) is 5.15. The third kappa shape index (κ3) is 2.38. The summed E-state index contributed by atoms with van der Waals surface area (Å²) in [5.74, 6) is 1.40. The summed E-state index contributed by atoms with van der Waals surface area (Å²) >= 11 is 0. The second kappa shape index (κ2) is 4.55. The van der Waals surface area contributed by atoms with Crippen LogP contribution in [0.2, 0.25) is 0 Å². The fourth-order valence-electron chi connectivity index (χ4n) is 2.94. The van der Waals surface area contributed by atoms with Crippen LogP contribution in [0.1, 0.15) is 32.1 Å². The minimum absolute atomic E-state index is 0.214. The van der Waals surface area contributed by atoms with Gasteiger partial charge in [-0.25, -0.2) is 4.39 Å². The van der Waals surface area contributed by atoms with E-state index >= 15 is 0 Å². The standard InChI is InChI=1S/C14H18FNO/c15-11-5-6-14-13(8-11)16-9-12(17-14)7-10-3-1-2-4-10/h5-6,8,10,12,16H,1-4,7,9H2. The van der Waals surface area contributed by atoms with E-state index in [1.54, 1.807) is 6.07 Å². The molecule has 0 saturated heterocycles. The van der Waals surface area contributed by atoms with Gasteiger partial charge in [0, 0.05) is 6.07 Å². The molecule has 1 unspecified atom stereocenters. The lowest BCUT2D eigenvalue weighted by atomic mass is 9.99. The molecule has 1 saturated carbocycles. The summed E-state index contributed by atoms with van der Waals surface area (Å²) in [6, 6.07) is 4.68. The van der Waals surface area contributed by atoms with Crippen LogP contribution in [0.25, 0.3) is 0 Å². The van der Waals surface area contributed by atoms with Gasteiger partial charge < -0.3 is 10.1 Å². The smallest absolute Gasteiger partial charge is 0.143 e. The molecule has 3 heteroatoms. The second-order valence-electron chi connectivity index (χ2n) is 5.15. The number of nitrogens with one attached hydrogen (secondary N) is 1. The average molecular weight is 235 g/mol. The molecular weight excluding hydrogens is 217 g/mol. The average Bonchev–Trinajstić information content (AvgIpc) is 2.82. The van der Waals surface area contributed by atoms with Crippen LogP contribution < -0.4 is 10.1 Å². The van der Waals surface area contributed by atoms with Crippen molar-refractivity contribution < 1.29 is 9.13 Å². The third-order valence-corrected chi connectivity index (χ3v) is 3.83. The highest BCUT2D eigenvalue weighted by atomic mass is 19.1. The van der Waals surface area contributed by atoms with Crippen LogP contribution in [0.3, 0.4) is 0 Å². The molecule has 1 N–H and O–H groups in total. The number of hydrogen-bond acceptors (Lipinski definition) is 2. The lowest BCUT2D eigenvalue weighted by Gasteiger charge is -2.29. The monoisotopic (exact) mass is 235 g/mol. The normalized spacial score (nSPS) is 23.9. The van der Waals surface area contributed by atoms with Gasteiger partial charge in [-0.3, -0.25) is 0 Å². The van der Waals surface area contributed by atoms with Crippen molar-refractivity contribution in [3.05, 3.63) is 24.0 Å². The lowest BCUT2D eigenvalue weighted by molar-refractivity contribution is 0.172. The zero-order valence-corrected chi connectivity index (χ0v) is 9.92. The number of hydrogen-bond donors (Lipinski definition) is 1. The molecule has 2 aliphatic rings. The van der Waals surface area contributed by atoms with E-state index in [0.717, 1.165) is 30.3 Å². The number of benzene rings is 1. The van der Waals surface area contributed by atoms with Crippen molar-refractivity contribution >= 4 is 5.69 Å². The Labute approximate surface area is 101 Å². The molecule has 17 heavy (non-hydrogen) atoms. The molecular formula is C14H18FNO. The Morgan fingerprint density at radius 1 is 1.29 bits per heavy atom. The molecule has 1 fully saturated rings. The number of rotatable bonds is 2. The summed E-state index contributed by atoms with van der Waals surface area (Å²) in [5.41, 5.74) is 0.785. The molecule has 0 bridgehead atoms. The van der Waals surface area contributed by atoms with Crippen LogP contribution in [0.4, 0.5) is 10.1 Å². The minimum atomic E-state index is -0.214. The van der Waals surface area contributed by atoms with Crippen LogP contribution >= 0.6 is 0 Å². The fraction of sp³-hybridized carbons (Fsp3) is 0.571. The number of fused-ring (bicyclic) bond motifs is 1. The maximum Gasteiger partial charge on any atom is 0.143 e. The predicted octanol–water partition coefficient (Wildman–Crippen LogP) is 3.58. The molecule has 0 radical (unpaired) electrons.